The van der Waals surface area contributed by atoms with Gasteiger partial charge in [0.2, 0.25) is 0 Å². The van der Waals surface area contributed by atoms with Crippen LogP contribution in [0.25, 0.3) is 16.5 Å². The van der Waals surface area contributed by atoms with Crippen molar-refractivity contribution in [1.29, 1.82) is 0 Å². The van der Waals surface area contributed by atoms with E-state index in [-0.39, 0.29) is 17.2 Å². The molecule has 5 heteroatoms. The predicted octanol–water partition coefficient (Wildman–Crippen LogP) is 3.87. The molecule has 5 nitrogen and oxygen atoms in total. The summed E-state index contributed by atoms with van der Waals surface area (Å²) in [5.74, 6) is -0.302. The number of aromatic nitrogens is 2. The number of nitrogens with one attached hydrogen (secondary N) is 2. The van der Waals surface area contributed by atoms with Crippen LogP contribution in [0.5, 0.6) is 0 Å². The molecule has 0 unspecified atom stereocenters. The van der Waals surface area contributed by atoms with Gasteiger partial charge < -0.3 is 14.9 Å². The van der Waals surface area contributed by atoms with E-state index < -0.39 is 0 Å². The molecular formula is C23H21N3O2. The molecule has 2 aromatic carbocycles. The van der Waals surface area contributed by atoms with Crippen LogP contribution in [0.3, 0.4) is 0 Å². The summed E-state index contributed by atoms with van der Waals surface area (Å²) in [6.07, 6.45) is 0. The second-order valence-electron chi connectivity index (χ2n) is 6.90. The quantitative estimate of drug-likeness (QED) is 0.572. The highest BCUT2D eigenvalue weighted by Crippen LogP contribution is 2.17. The minimum atomic E-state index is -0.302. The van der Waals surface area contributed by atoms with Crippen molar-refractivity contribution in [3.8, 4) is 5.69 Å². The second kappa shape index (κ2) is 7.19. The Kier molecular flexibility index (Phi) is 4.57. The summed E-state index contributed by atoms with van der Waals surface area (Å²) >= 11 is 0. The van der Waals surface area contributed by atoms with Crippen molar-refractivity contribution in [1.82, 2.24) is 14.9 Å². The fourth-order valence-corrected chi connectivity index (χ4v) is 3.45. The summed E-state index contributed by atoms with van der Waals surface area (Å²) in [6.45, 7) is 4.54. The number of aryl methyl sites for hydroxylation is 2. The number of rotatable bonds is 4. The summed E-state index contributed by atoms with van der Waals surface area (Å²) in [6, 6.07) is 21.2. The van der Waals surface area contributed by atoms with Gasteiger partial charge in [0, 0.05) is 29.0 Å². The monoisotopic (exact) mass is 371 g/mol. The summed E-state index contributed by atoms with van der Waals surface area (Å²) in [4.78, 5) is 27.3. The van der Waals surface area contributed by atoms with Crippen LogP contribution in [0.2, 0.25) is 0 Å². The van der Waals surface area contributed by atoms with E-state index in [9.17, 15) is 9.59 Å². The van der Waals surface area contributed by atoms with E-state index in [1.165, 1.54) is 11.4 Å². The highest BCUT2D eigenvalue weighted by Gasteiger charge is 2.09. The van der Waals surface area contributed by atoms with Crippen molar-refractivity contribution in [3.05, 3.63) is 99.7 Å². The molecule has 0 radical (unpaired) electrons. The van der Waals surface area contributed by atoms with Gasteiger partial charge in [-0.15, -0.1) is 0 Å². The molecule has 0 aliphatic rings. The number of carbonyl (C=O) groups excluding carboxylic acids is 1. The van der Waals surface area contributed by atoms with Crippen LogP contribution in [-0.2, 0) is 6.54 Å². The van der Waals surface area contributed by atoms with Gasteiger partial charge in [-0.1, -0.05) is 30.3 Å². The maximum Gasteiger partial charge on any atom is 0.268 e. The van der Waals surface area contributed by atoms with Crippen LogP contribution >= 0.6 is 0 Å². The predicted molar refractivity (Wildman–Crippen MR) is 111 cm³/mol. The van der Waals surface area contributed by atoms with E-state index >= 15 is 0 Å². The van der Waals surface area contributed by atoms with E-state index in [0.29, 0.717) is 11.9 Å². The number of nitrogens with zero attached hydrogens (tertiary/aromatic N) is 1. The van der Waals surface area contributed by atoms with Crippen molar-refractivity contribution in [2.45, 2.75) is 20.4 Å². The SMILES string of the molecule is Cc1ccc(C)n1-c1ccc(CNC(=O)c2cc3ccccc3c(=O)[nH]2)cc1. The average molecular weight is 371 g/mol. The fourth-order valence-electron chi connectivity index (χ4n) is 3.45. The van der Waals surface area contributed by atoms with Crippen LogP contribution in [0.4, 0.5) is 0 Å². The van der Waals surface area contributed by atoms with Crippen LogP contribution in [0.15, 0.2) is 71.5 Å². The molecule has 0 bridgehead atoms. The van der Waals surface area contributed by atoms with E-state index in [1.54, 1.807) is 18.2 Å². The lowest BCUT2D eigenvalue weighted by Gasteiger charge is -2.11. The van der Waals surface area contributed by atoms with Gasteiger partial charge in [0.05, 0.1) is 0 Å². The third-order valence-electron chi connectivity index (χ3n) is 4.92. The normalized spacial score (nSPS) is 10.9. The Morgan fingerprint density at radius 2 is 1.64 bits per heavy atom. The number of hydrogen-bond acceptors (Lipinski definition) is 2. The maximum absolute atomic E-state index is 12.5. The smallest absolute Gasteiger partial charge is 0.268 e. The molecule has 0 aliphatic carbocycles. The lowest BCUT2D eigenvalue weighted by molar-refractivity contribution is 0.0946. The van der Waals surface area contributed by atoms with Crippen molar-refractivity contribution in [2.24, 2.45) is 0 Å². The first-order chi connectivity index (χ1) is 13.5. The first-order valence-electron chi connectivity index (χ1n) is 9.17. The number of H-pyrrole nitrogens is 1. The summed E-state index contributed by atoms with van der Waals surface area (Å²) in [7, 11) is 0. The number of benzene rings is 2. The van der Waals surface area contributed by atoms with Crippen molar-refractivity contribution in [2.75, 3.05) is 0 Å². The van der Waals surface area contributed by atoms with Crippen molar-refractivity contribution < 1.29 is 4.79 Å². The van der Waals surface area contributed by atoms with E-state index in [2.05, 4.69) is 40.8 Å². The van der Waals surface area contributed by atoms with E-state index in [4.69, 9.17) is 0 Å². The Balaban J connectivity index is 1.49. The standard InChI is InChI=1S/C23H21N3O2/c1-15-7-8-16(2)26(15)19-11-9-17(10-12-19)14-24-23(28)21-13-18-5-3-4-6-20(18)22(27)25-21/h3-13H,14H2,1-2H3,(H,24,28)(H,25,27). The van der Waals surface area contributed by atoms with Gasteiger partial charge in [-0.2, -0.15) is 0 Å². The van der Waals surface area contributed by atoms with Gasteiger partial charge in [-0.05, 0) is 61.2 Å². The highest BCUT2D eigenvalue weighted by atomic mass is 16.2. The van der Waals surface area contributed by atoms with Crippen molar-refractivity contribution >= 4 is 16.7 Å². The zero-order chi connectivity index (χ0) is 19.7. The molecule has 140 valence electrons. The zero-order valence-corrected chi connectivity index (χ0v) is 15.8. The molecular weight excluding hydrogens is 350 g/mol. The Bertz CT molecular complexity index is 1200. The number of pyridine rings is 1. The zero-order valence-electron chi connectivity index (χ0n) is 15.8. The number of amides is 1. The van der Waals surface area contributed by atoms with Gasteiger partial charge in [0.25, 0.3) is 11.5 Å². The molecule has 4 aromatic rings. The molecule has 4 rings (SSSR count). The average Bonchev–Trinajstić information content (AvgIpc) is 3.04. The summed E-state index contributed by atoms with van der Waals surface area (Å²) in [5, 5.41) is 4.19. The van der Waals surface area contributed by atoms with Gasteiger partial charge in [-0.25, -0.2) is 0 Å². The lowest BCUT2D eigenvalue weighted by Crippen LogP contribution is -2.26. The fraction of sp³-hybridized carbons (Fsp3) is 0.130. The third kappa shape index (κ3) is 3.34. The number of aromatic amines is 1. The molecule has 0 saturated carbocycles. The molecule has 2 aromatic heterocycles. The molecule has 0 spiro atoms. The Labute approximate surface area is 162 Å². The molecule has 0 atom stereocenters. The van der Waals surface area contributed by atoms with Crippen LogP contribution in [0.1, 0.15) is 27.4 Å². The maximum atomic E-state index is 12.5. The Morgan fingerprint density at radius 1 is 0.964 bits per heavy atom. The summed E-state index contributed by atoms with van der Waals surface area (Å²) < 4.78 is 2.18. The number of fused-ring (bicyclic) bond motifs is 1. The van der Waals surface area contributed by atoms with Crippen LogP contribution in [-0.4, -0.2) is 15.5 Å². The van der Waals surface area contributed by atoms with Gasteiger partial charge in [0.1, 0.15) is 5.69 Å². The molecule has 2 heterocycles. The first-order valence-corrected chi connectivity index (χ1v) is 9.17. The van der Waals surface area contributed by atoms with E-state index in [1.807, 2.05) is 36.4 Å². The highest BCUT2D eigenvalue weighted by molar-refractivity contribution is 5.96. The molecule has 1 amide bonds. The van der Waals surface area contributed by atoms with Gasteiger partial charge >= 0.3 is 0 Å². The summed E-state index contributed by atoms with van der Waals surface area (Å²) in [5.41, 5.74) is 4.44. The van der Waals surface area contributed by atoms with Gasteiger partial charge in [0.15, 0.2) is 0 Å². The number of carbonyl (C=O) groups is 1. The minimum Gasteiger partial charge on any atom is -0.347 e. The third-order valence-corrected chi connectivity index (χ3v) is 4.92. The van der Waals surface area contributed by atoms with Gasteiger partial charge in [-0.3, -0.25) is 9.59 Å². The molecule has 28 heavy (non-hydrogen) atoms. The minimum absolute atomic E-state index is 0.259. The first kappa shape index (κ1) is 17.8. The molecule has 0 fully saturated rings. The topological polar surface area (TPSA) is 66.9 Å². The Morgan fingerprint density at radius 3 is 2.36 bits per heavy atom. The Hall–Kier alpha value is -3.60. The van der Waals surface area contributed by atoms with Crippen molar-refractivity contribution in [3.63, 3.8) is 0 Å². The molecule has 2 N–H and O–H groups in total. The number of hydrogen-bond donors (Lipinski definition) is 2. The lowest BCUT2D eigenvalue weighted by atomic mass is 10.1. The second-order valence-corrected chi connectivity index (χ2v) is 6.90. The van der Waals surface area contributed by atoms with Crippen LogP contribution < -0.4 is 10.9 Å². The molecule has 0 saturated heterocycles. The molecule has 0 aliphatic heterocycles. The van der Waals surface area contributed by atoms with E-state index in [0.717, 1.165) is 16.6 Å². The largest absolute Gasteiger partial charge is 0.347 e. The van der Waals surface area contributed by atoms with Crippen LogP contribution in [0, 0.1) is 13.8 Å².